The molecule has 3 amide bonds. The van der Waals surface area contributed by atoms with Gasteiger partial charge in [-0.3, -0.25) is 9.78 Å². The van der Waals surface area contributed by atoms with Crippen molar-refractivity contribution in [2.24, 2.45) is 0 Å². The lowest BCUT2D eigenvalue weighted by atomic mass is 10.2. The maximum atomic E-state index is 12.8. The van der Waals surface area contributed by atoms with Gasteiger partial charge < -0.3 is 20.1 Å². The Balaban J connectivity index is 1.93. The first kappa shape index (κ1) is 22.0. The number of aromatic nitrogens is 1. The first-order valence-electron chi connectivity index (χ1n) is 8.30. The van der Waals surface area contributed by atoms with Crippen LogP contribution in [0.15, 0.2) is 36.7 Å². The Hall–Kier alpha value is -3.71. The zero-order valence-electron chi connectivity index (χ0n) is 15.2. The summed E-state index contributed by atoms with van der Waals surface area (Å²) in [7, 11) is 0. The maximum Gasteiger partial charge on any atom is 0.573 e. The normalized spacial score (nSPS) is 14.9. The molecular weight excluding hydrogens is 438 g/mol. The lowest BCUT2D eigenvalue weighted by Crippen LogP contribution is -2.33. The fourth-order valence-electron chi connectivity index (χ4n) is 2.78. The molecular formula is C17H12F6N4O4. The van der Waals surface area contributed by atoms with E-state index in [1.54, 1.807) is 0 Å². The Kier molecular flexibility index (Phi) is 5.57. The number of carbonyl (C=O) groups is 2. The summed E-state index contributed by atoms with van der Waals surface area (Å²) in [5, 5.41) is 0. The molecule has 31 heavy (non-hydrogen) atoms. The molecule has 1 aliphatic heterocycles. The number of hydrogen-bond acceptors (Lipinski definition) is 6. The summed E-state index contributed by atoms with van der Waals surface area (Å²) in [5.74, 6) is -3.17. The van der Waals surface area contributed by atoms with Crippen molar-refractivity contribution in [2.75, 3.05) is 17.2 Å². The summed E-state index contributed by atoms with van der Waals surface area (Å²) in [6, 6.07) is 2.08. The second-order valence-corrected chi connectivity index (χ2v) is 6.17. The van der Waals surface area contributed by atoms with Gasteiger partial charge >= 0.3 is 18.8 Å². The fourth-order valence-corrected chi connectivity index (χ4v) is 2.78. The minimum absolute atomic E-state index is 0.153. The van der Waals surface area contributed by atoms with Crippen LogP contribution in [0.2, 0.25) is 0 Å². The van der Waals surface area contributed by atoms with Gasteiger partial charge in [0.2, 0.25) is 0 Å². The molecule has 0 atom stereocenters. The van der Waals surface area contributed by atoms with Crippen molar-refractivity contribution in [1.29, 1.82) is 0 Å². The number of nitrogens with two attached hydrogens (primary N) is 1. The fraction of sp³-hybridized carbons (Fsp3) is 0.235. The topological polar surface area (TPSA) is 98.0 Å². The van der Waals surface area contributed by atoms with Crippen molar-refractivity contribution in [2.45, 2.75) is 19.3 Å². The molecule has 2 heterocycles. The SMILES string of the molecule is Nc1cnccc1CN1CC(=O)N(c2ccc(OC(F)(F)F)cc2OC(F)(F)F)C1=O. The number of halogens is 6. The number of nitrogen functional groups attached to an aromatic ring is 1. The molecule has 0 radical (unpaired) electrons. The molecule has 0 aliphatic carbocycles. The number of anilines is 2. The van der Waals surface area contributed by atoms with Crippen molar-refractivity contribution >= 4 is 23.3 Å². The van der Waals surface area contributed by atoms with Crippen LogP contribution < -0.4 is 20.1 Å². The van der Waals surface area contributed by atoms with Gasteiger partial charge in [0.15, 0.2) is 5.75 Å². The van der Waals surface area contributed by atoms with Gasteiger partial charge in [0.1, 0.15) is 12.3 Å². The Bertz CT molecular complexity index is 1010. The Morgan fingerprint density at radius 2 is 1.71 bits per heavy atom. The summed E-state index contributed by atoms with van der Waals surface area (Å²) in [6.45, 7) is -0.660. The van der Waals surface area contributed by atoms with Crippen molar-refractivity contribution in [3.63, 3.8) is 0 Å². The van der Waals surface area contributed by atoms with Gasteiger partial charge in [0.05, 0.1) is 24.1 Å². The molecule has 2 aromatic rings. The van der Waals surface area contributed by atoms with E-state index in [0.29, 0.717) is 22.6 Å². The lowest BCUT2D eigenvalue weighted by molar-refractivity contribution is -0.276. The van der Waals surface area contributed by atoms with Crippen molar-refractivity contribution in [3.8, 4) is 11.5 Å². The number of benzene rings is 1. The highest BCUT2D eigenvalue weighted by atomic mass is 19.4. The summed E-state index contributed by atoms with van der Waals surface area (Å²) >= 11 is 0. The number of hydrogen-bond donors (Lipinski definition) is 1. The van der Waals surface area contributed by atoms with Crippen LogP contribution in [-0.4, -0.2) is 41.1 Å². The van der Waals surface area contributed by atoms with E-state index in [-0.39, 0.29) is 18.3 Å². The second kappa shape index (κ2) is 7.85. The van der Waals surface area contributed by atoms with Crippen LogP contribution >= 0.6 is 0 Å². The summed E-state index contributed by atoms with van der Waals surface area (Å²) in [4.78, 5) is 30.2. The quantitative estimate of drug-likeness (QED) is 0.554. The average Bonchev–Trinajstić information content (AvgIpc) is 2.88. The zero-order chi connectivity index (χ0) is 23.0. The number of alkyl halides is 6. The van der Waals surface area contributed by atoms with E-state index in [4.69, 9.17) is 5.73 Å². The molecule has 1 aromatic carbocycles. The van der Waals surface area contributed by atoms with Crippen LogP contribution in [-0.2, 0) is 11.3 Å². The summed E-state index contributed by atoms with van der Waals surface area (Å²) < 4.78 is 82.8. The molecule has 0 unspecified atom stereocenters. The number of ether oxygens (including phenoxy) is 2. The Morgan fingerprint density at radius 3 is 2.32 bits per heavy atom. The number of pyridine rings is 1. The van der Waals surface area contributed by atoms with Crippen LogP contribution in [0, 0.1) is 0 Å². The van der Waals surface area contributed by atoms with Crippen molar-refractivity contribution in [3.05, 3.63) is 42.2 Å². The van der Waals surface area contributed by atoms with Gasteiger partial charge in [-0.15, -0.1) is 26.3 Å². The highest BCUT2D eigenvalue weighted by Crippen LogP contribution is 2.39. The lowest BCUT2D eigenvalue weighted by Gasteiger charge is -2.21. The monoisotopic (exact) mass is 450 g/mol. The molecule has 14 heteroatoms. The molecule has 0 spiro atoms. The molecule has 8 nitrogen and oxygen atoms in total. The second-order valence-electron chi connectivity index (χ2n) is 6.17. The number of amides is 3. The van der Waals surface area contributed by atoms with Gasteiger partial charge in [0, 0.05) is 12.3 Å². The van der Waals surface area contributed by atoms with Gasteiger partial charge in [-0.2, -0.15) is 0 Å². The standard InChI is InChI=1S/C17H12F6N4O4/c18-16(19,20)30-10-1-2-12(13(5-10)31-17(21,22)23)27-14(28)8-26(15(27)29)7-9-3-4-25-6-11(9)24/h1-6H,7-8,24H2. The third-order valence-corrected chi connectivity index (χ3v) is 3.98. The van der Waals surface area contributed by atoms with E-state index in [2.05, 4.69) is 14.5 Å². The third kappa shape index (κ3) is 5.26. The van der Waals surface area contributed by atoms with E-state index >= 15 is 0 Å². The van der Waals surface area contributed by atoms with Gasteiger partial charge in [-0.05, 0) is 23.8 Å². The van der Waals surface area contributed by atoms with E-state index in [1.807, 2.05) is 0 Å². The van der Waals surface area contributed by atoms with Crippen molar-refractivity contribution in [1.82, 2.24) is 9.88 Å². The first-order valence-corrected chi connectivity index (χ1v) is 8.30. The minimum Gasteiger partial charge on any atom is -0.406 e. The molecule has 2 N–H and O–H groups in total. The van der Waals surface area contributed by atoms with Crippen LogP contribution in [0.25, 0.3) is 0 Å². The highest BCUT2D eigenvalue weighted by Gasteiger charge is 2.41. The van der Waals surface area contributed by atoms with Gasteiger partial charge in [-0.25, -0.2) is 9.69 Å². The summed E-state index contributed by atoms with van der Waals surface area (Å²) in [6.07, 6.45) is -7.80. The van der Waals surface area contributed by atoms with Crippen LogP contribution in [0.3, 0.4) is 0 Å². The van der Waals surface area contributed by atoms with Gasteiger partial charge in [-0.1, -0.05) is 0 Å². The van der Waals surface area contributed by atoms with Crippen LogP contribution in [0.1, 0.15) is 5.56 Å². The molecule has 0 saturated carbocycles. The molecule has 166 valence electrons. The van der Waals surface area contributed by atoms with Crippen molar-refractivity contribution < 1.29 is 45.4 Å². The molecule has 1 fully saturated rings. The van der Waals surface area contributed by atoms with E-state index < -0.39 is 48.4 Å². The van der Waals surface area contributed by atoms with Crippen LogP contribution in [0.4, 0.5) is 42.5 Å². The molecule has 1 aliphatic rings. The number of carbonyl (C=O) groups excluding carboxylic acids is 2. The predicted octanol–water partition coefficient (Wildman–Crippen LogP) is 3.43. The Morgan fingerprint density at radius 1 is 1.03 bits per heavy atom. The number of rotatable bonds is 5. The third-order valence-electron chi connectivity index (χ3n) is 3.98. The van der Waals surface area contributed by atoms with E-state index in [9.17, 15) is 35.9 Å². The summed E-state index contributed by atoms with van der Waals surface area (Å²) in [5.41, 5.74) is 5.68. The highest BCUT2D eigenvalue weighted by molar-refractivity contribution is 6.20. The van der Waals surface area contributed by atoms with Gasteiger partial charge in [0.25, 0.3) is 5.91 Å². The Labute approximate surface area is 169 Å². The maximum absolute atomic E-state index is 12.8. The number of urea groups is 1. The molecule has 3 rings (SSSR count). The zero-order valence-corrected chi connectivity index (χ0v) is 15.2. The molecule has 1 aromatic heterocycles. The minimum atomic E-state index is -5.32. The smallest absolute Gasteiger partial charge is 0.406 e. The first-order chi connectivity index (χ1) is 14.3. The number of imide groups is 1. The van der Waals surface area contributed by atoms with E-state index in [1.165, 1.54) is 18.5 Å². The number of nitrogens with zero attached hydrogens (tertiary/aromatic N) is 3. The molecule has 1 saturated heterocycles. The largest absolute Gasteiger partial charge is 0.573 e. The van der Waals surface area contributed by atoms with E-state index in [0.717, 1.165) is 4.90 Å². The average molecular weight is 450 g/mol. The van der Waals surface area contributed by atoms with Crippen LogP contribution in [0.5, 0.6) is 11.5 Å². The molecule has 0 bridgehead atoms. The predicted molar refractivity (Wildman–Crippen MR) is 91.7 cm³/mol.